The summed E-state index contributed by atoms with van der Waals surface area (Å²) < 4.78 is 27.0. The number of hydrogen-bond donors (Lipinski definition) is 1. The molecule has 0 atom stereocenters. The van der Waals surface area contributed by atoms with E-state index in [1.165, 1.54) is 27.4 Å². The number of anilines is 1. The Bertz CT molecular complexity index is 1560. The van der Waals surface area contributed by atoms with Gasteiger partial charge in [-0.25, -0.2) is 14.2 Å². The molecule has 13 nitrogen and oxygen atoms in total. The van der Waals surface area contributed by atoms with Crippen molar-refractivity contribution in [2.45, 2.75) is 13.1 Å². The number of benzene rings is 2. The van der Waals surface area contributed by atoms with Crippen LogP contribution in [0.5, 0.6) is 17.2 Å². The number of ether oxygens (including phenoxy) is 5. The number of hydrogen-bond acceptors (Lipinski definition) is 11. The topological polar surface area (TPSA) is 167 Å². The van der Waals surface area contributed by atoms with E-state index in [0.29, 0.717) is 32.9 Å². The third-order valence-corrected chi connectivity index (χ3v) is 5.89. The van der Waals surface area contributed by atoms with Crippen LogP contribution in [0, 0.1) is 0 Å². The number of carbonyl (C=O) groups is 3. The summed E-state index contributed by atoms with van der Waals surface area (Å²) in [5.74, 6) is -2.11. The van der Waals surface area contributed by atoms with E-state index in [4.69, 9.17) is 24.7 Å². The maximum atomic E-state index is 13.1. The highest BCUT2D eigenvalue weighted by molar-refractivity contribution is 6.02. The van der Waals surface area contributed by atoms with Gasteiger partial charge in [0.15, 0.2) is 18.1 Å². The fourth-order valence-electron chi connectivity index (χ4n) is 3.85. The van der Waals surface area contributed by atoms with Gasteiger partial charge in [-0.2, -0.15) is 0 Å². The molecule has 2 aromatic carbocycles. The summed E-state index contributed by atoms with van der Waals surface area (Å²) in [6.07, 6.45) is 2.46. The lowest BCUT2D eigenvalue weighted by atomic mass is 10.1. The van der Waals surface area contributed by atoms with Gasteiger partial charge >= 0.3 is 17.6 Å². The summed E-state index contributed by atoms with van der Waals surface area (Å²) in [5.41, 5.74) is 4.63. The zero-order chi connectivity index (χ0) is 30.1. The predicted molar refractivity (Wildman–Crippen MR) is 147 cm³/mol. The highest BCUT2D eigenvalue weighted by atomic mass is 16.5. The molecule has 0 unspecified atom stereocenters. The number of aromatic nitrogens is 2. The first-order chi connectivity index (χ1) is 19.6. The number of nitrogens with zero attached hydrogens (tertiary/aromatic N) is 2. The van der Waals surface area contributed by atoms with Gasteiger partial charge in [0, 0.05) is 6.08 Å². The van der Waals surface area contributed by atoms with Gasteiger partial charge in [0.2, 0.25) is 11.5 Å². The van der Waals surface area contributed by atoms with Crippen molar-refractivity contribution in [3.8, 4) is 17.2 Å². The molecule has 3 aromatic rings. The monoisotopic (exact) mass is 567 g/mol. The van der Waals surface area contributed by atoms with E-state index in [0.717, 1.165) is 17.8 Å². The minimum Gasteiger partial charge on any atom is -0.493 e. The Hall–Kier alpha value is -5.33. The van der Waals surface area contributed by atoms with Crippen LogP contribution in [0.3, 0.4) is 0 Å². The second-order valence-corrected chi connectivity index (χ2v) is 8.40. The Morgan fingerprint density at radius 2 is 1.54 bits per heavy atom. The highest BCUT2D eigenvalue weighted by Gasteiger charge is 2.25. The molecule has 3 rings (SSSR count). The van der Waals surface area contributed by atoms with Gasteiger partial charge < -0.3 is 29.4 Å². The molecule has 0 spiro atoms. The maximum Gasteiger partial charge on any atom is 0.333 e. The average molecular weight is 568 g/mol. The maximum absolute atomic E-state index is 13.1. The van der Waals surface area contributed by atoms with Crippen LogP contribution in [0.25, 0.3) is 6.08 Å². The van der Waals surface area contributed by atoms with E-state index < -0.39 is 53.5 Å². The number of methoxy groups -OCH3 is 4. The summed E-state index contributed by atoms with van der Waals surface area (Å²) in [6, 6.07) is 11.9. The number of nitrogens with two attached hydrogens (primary N) is 1. The van der Waals surface area contributed by atoms with Crippen LogP contribution in [-0.4, -0.2) is 61.9 Å². The lowest BCUT2D eigenvalue weighted by Gasteiger charge is -2.16. The van der Waals surface area contributed by atoms with Crippen LogP contribution < -0.4 is 31.2 Å². The molecule has 0 aliphatic rings. The van der Waals surface area contributed by atoms with Crippen molar-refractivity contribution in [2.75, 3.05) is 40.8 Å². The average Bonchev–Trinajstić information content (AvgIpc) is 2.98. The molecule has 0 aliphatic carbocycles. The minimum absolute atomic E-state index is 0.0927. The van der Waals surface area contributed by atoms with E-state index in [-0.39, 0.29) is 6.54 Å². The number of Topliss-reactive ketones (excluding diaryl/α,β-unsaturated/α-hetero) is 1. The fraction of sp³-hybridized carbons (Fsp3) is 0.250. The molecular weight excluding hydrogens is 538 g/mol. The number of rotatable bonds is 12. The van der Waals surface area contributed by atoms with Crippen molar-refractivity contribution < 1.29 is 38.1 Å². The molecule has 0 bridgehead atoms. The van der Waals surface area contributed by atoms with Crippen LogP contribution in [0.2, 0.25) is 0 Å². The van der Waals surface area contributed by atoms with Crippen molar-refractivity contribution in [3.05, 3.63) is 86.1 Å². The zero-order valence-corrected chi connectivity index (χ0v) is 22.9. The molecule has 0 saturated carbocycles. The fourth-order valence-corrected chi connectivity index (χ4v) is 3.85. The van der Waals surface area contributed by atoms with Crippen molar-refractivity contribution in [3.63, 3.8) is 0 Å². The largest absolute Gasteiger partial charge is 0.493 e. The van der Waals surface area contributed by atoms with E-state index >= 15 is 0 Å². The SMILES string of the molecule is COC(=O)Cn1c(=O)c(C(=O)COC(=O)/C=C/c2cc(OC)c(OC)c(OC)c2)c(N)n(Cc2ccccc2)c1=O. The van der Waals surface area contributed by atoms with E-state index in [9.17, 15) is 24.0 Å². The lowest BCUT2D eigenvalue weighted by molar-refractivity contribution is -0.141. The minimum atomic E-state index is -1.11. The molecule has 1 aromatic heterocycles. The third-order valence-electron chi connectivity index (χ3n) is 5.89. The molecule has 0 radical (unpaired) electrons. The first kappa shape index (κ1) is 30.2. The molecule has 1 heterocycles. The molecular formula is C28H29N3O10. The summed E-state index contributed by atoms with van der Waals surface area (Å²) in [5, 5.41) is 0. The molecule has 0 aliphatic heterocycles. The number of ketones is 1. The van der Waals surface area contributed by atoms with Crippen LogP contribution in [0.15, 0.2) is 58.1 Å². The summed E-state index contributed by atoms with van der Waals surface area (Å²) in [7, 11) is 5.43. The molecule has 41 heavy (non-hydrogen) atoms. The highest BCUT2D eigenvalue weighted by Crippen LogP contribution is 2.38. The normalized spacial score (nSPS) is 10.7. The molecule has 0 saturated heterocycles. The standard InChI is InChI=1S/C28H29N3O10/c1-37-20-12-18(13-21(38-2)25(20)40-4)10-11-22(33)41-16-19(32)24-26(29)30(14-17-8-6-5-7-9-17)28(36)31(27(24)35)15-23(34)39-3/h5-13H,14-16,29H2,1-4H3/b11-10+. The van der Waals surface area contributed by atoms with Gasteiger partial charge in [0.25, 0.3) is 5.56 Å². The second-order valence-electron chi connectivity index (χ2n) is 8.40. The summed E-state index contributed by atoms with van der Waals surface area (Å²) in [6.45, 7) is -1.70. The van der Waals surface area contributed by atoms with Gasteiger partial charge in [-0.3, -0.25) is 19.0 Å². The molecule has 2 N–H and O–H groups in total. The molecule has 0 amide bonds. The number of nitrogen functional groups attached to an aromatic ring is 1. The first-order valence-electron chi connectivity index (χ1n) is 12.1. The molecule has 216 valence electrons. The predicted octanol–water partition coefficient (Wildman–Crippen LogP) is 1.28. The Kier molecular flexibility index (Phi) is 10.1. The Labute approximate surface area is 234 Å². The van der Waals surface area contributed by atoms with E-state index in [2.05, 4.69) is 4.74 Å². The zero-order valence-electron chi connectivity index (χ0n) is 22.9. The van der Waals surface area contributed by atoms with Crippen LogP contribution in [-0.2, 0) is 32.2 Å². The van der Waals surface area contributed by atoms with Crippen LogP contribution in [0.1, 0.15) is 21.5 Å². The number of carbonyl (C=O) groups excluding carboxylic acids is 3. The molecule has 13 heteroatoms. The van der Waals surface area contributed by atoms with Crippen LogP contribution in [0.4, 0.5) is 5.82 Å². The van der Waals surface area contributed by atoms with Crippen molar-refractivity contribution in [2.24, 2.45) is 0 Å². The van der Waals surface area contributed by atoms with Gasteiger partial charge in [-0.05, 0) is 29.3 Å². The Morgan fingerprint density at radius 1 is 0.902 bits per heavy atom. The number of esters is 2. The molecule has 0 fully saturated rings. The van der Waals surface area contributed by atoms with Gasteiger partial charge in [-0.1, -0.05) is 30.3 Å². The smallest absolute Gasteiger partial charge is 0.333 e. The van der Waals surface area contributed by atoms with Crippen LogP contribution >= 0.6 is 0 Å². The third kappa shape index (κ3) is 7.01. The summed E-state index contributed by atoms with van der Waals surface area (Å²) >= 11 is 0. The van der Waals surface area contributed by atoms with Crippen molar-refractivity contribution in [1.82, 2.24) is 9.13 Å². The first-order valence-corrected chi connectivity index (χ1v) is 12.1. The van der Waals surface area contributed by atoms with Crippen molar-refractivity contribution in [1.29, 1.82) is 0 Å². The van der Waals surface area contributed by atoms with Gasteiger partial charge in [-0.15, -0.1) is 0 Å². The van der Waals surface area contributed by atoms with Gasteiger partial charge in [0.05, 0.1) is 35.0 Å². The summed E-state index contributed by atoms with van der Waals surface area (Å²) in [4.78, 5) is 63.5. The quantitative estimate of drug-likeness (QED) is 0.190. The van der Waals surface area contributed by atoms with E-state index in [1.54, 1.807) is 42.5 Å². The Morgan fingerprint density at radius 3 is 2.10 bits per heavy atom. The lowest BCUT2D eigenvalue weighted by Crippen LogP contribution is -2.46. The van der Waals surface area contributed by atoms with Gasteiger partial charge in [0.1, 0.15) is 17.9 Å². The second kappa shape index (κ2) is 13.6. The Balaban J connectivity index is 1.88. The van der Waals surface area contributed by atoms with E-state index in [1.807, 2.05) is 0 Å². The van der Waals surface area contributed by atoms with Crippen molar-refractivity contribution >= 4 is 29.6 Å².